The van der Waals surface area contributed by atoms with Crippen LogP contribution in [0.2, 0.25) is 0 Å². The van der Waals surface area contributed by atoms with Gasteiger partial charge in [-0.05, 0) is 12.1 Å². The van der Waals surface area contributed by atoms with E-state index in [1.54, 1.807) is 30.3 Å². The van der Waals surface area contributed by atoms with Gasteiger partial charge in [0.2, 0.25) is 0 Å². The number of nitrogens with zero attached hydrogens (tertiary/aromatic N) is 1. The highest BCUT2D eigenvalue weighted by molar-refractivity contribution is 6.07. The lowest BCUT2D eigenvalue weighted by Crippen LogP contribution is -2.40. The fourth-order valence-electron chi connectivity index (χ4n) is 1.62. The third-order valence-electron chi connectivity index (χ3n) is 2.44. The first-order valence-corrected chi connectivity index (χ1v) is 4.91. The molecule has 0 spiro atoms. The van der Waals surface area contributed by atoms with E-state index in [4.69, 9.17) is 5.41 Å². The third kappa shape index (κ3) is 1.67. The molecule has 1 aliphatic heterocycles. The molecule has 0 aliphatic carbocycles. The van der Waals surface area contributed by atoms with Crippen LogP contribution < -0.4 is 5.32 Å². The van der Waals surface area contributed by atoms with E-state index in [1.165, 1.54) is 0 Å². The highest BCUT2D eigenvalue weighted by Gasteiger charge is 2.34. The van der Waals surface area contributed by atoms with E-state index >= 15 is 0 Å². The summed E-state index contributed by atoms with van der Waals surface area (Å²) in [6, 6.07) is 7.64. The highest BCUT2D eigenvalue weighted by atomic mass is 16.2. The van der Waals surface area contributed by atoms with Gasteiger partial charge in [0.25, 0.3) is 5.91 Å². The van der Waals surface area contributed by atoms with Gasteiger partial charge in [-0.1, -0.05) is 18.2 Å². The zero-order valence-corrected chi connectivity index (χ0v) is 8.51. The number of carbonyl (C=O) groups is 2. The van der Waals surface area contributed by atoms with Crippen LogP contribution in [0.25, 0.3) is 0 Å². The largest absolute Gasteiger partial charge is 0.335 e. The summed E-state index contributed by atoms with van der Waals surface area (Å²) < 4.78 is 0. The first-order valence-electron chi connectivity index (χ1n) is 4.91. The van der Waals surface area contributed by atoms with E-state index in [2.05, 4.69) is 5.32 Å². The molecule has 1 aromatic carbocycles. The minimum Gasteiger partial charge on any atom is -0.335 e. The van der Waals surface area contributed by atoms with Gasteiger partial charge in [0.1, 0.15) is 0 Å². The van der Waals surface area contributed by atoms with Gasteiger partial charge in [0.05, 0.1) is 6.04 Å². The molecule has 1 saturated heterocycles. The topological polar surface area (TPSA) is 73.3 Å². The summed E-state index contributed by atoms with van der Waals surface area (Å²) >= 11 is 0. The molecule has 0 bridgehead atoms. The number of nitrogens with one attached hydrogen (secondary N) is 2. The number of hydrogen-bond donors (Lipinski definition) is 2. The summed E-state index contributed by atoms with van der Waals surface area (Å²) in [6.07, 6.45) is 1.10. The Labute approximate surface area is 92.6 Å². The van der Waals surface area contributed by atoms with Crippen molar-refractivity contribution in [3.8, 4) is 0 Å². The summed E-state index contributed by atoms with van der Waals surface area (Å²) in [4.78, 5) is 24.5. The Morgan fingerprint density at radius 2 is 2.12 bits per heavy atom. The molecule has 82 valence electrons. The van der Waals surface area contributed by atoms with Crippen LogP contribution in [-0.4, -0.2) is 35.6 Å². The lowest BCUT2D eigenvalue weighted by molar-refractivity contribution is 0.0812. The van der Waals surface area contributed by atoms with Crippen molar-refractivity contribution in [2.45, 2.75) is 6.04 Å². The van der Waals surface area contributed by atoms with Crippen LogP contribution in [0.4, 0.5) is 4.79 Å². The summed E-state index contributed by atoms with van der Waals surface area (Å²) in [7, 11) is 0. The molecule has 0 radical (unpaired) electrons. The molecule has 1 aromatic rings. The van der Waals surface area contributed by atoms with Crippen LogP contribution in [0.15, 0.2) is 30.3 Å². The van der Waals surface area contributed by atoms with Gasteiger partial charge in [-0.3, -0.25) is 4.79 Å². The molecule has 0 aromatic heterocycles. The van der Waals surface area contributed by atoms with Gasteiger partial charge >= 0.3 is 6.03 Å². The Morgan fingerprint density at radius 3 is 2.75 bits per heavy atom. The Morgan fingerprint density at radius 1 is 1.44 bits per heavy atom. The average molecular weight is 217 g/mol. The van der Waals surface area contributed by atoms with Crippen molar-refractivity contribution in [3.63, 3.8) is 0 Å². The second-order valence-electron chi connectivity index (χ2n) is 3.46. The summed E-state index contributed by atoms with van der Waals surface area (Å²) in [5.74, 6) is -0.371. The Bertz CT molecular complexity index is 430. The molecule has 0 saturated carbocycles. The number of urea groups is 1. The minimum absolute atomic E-state index is 0.306. The van der Waals surface area contributed by atoms with Crippen molar-refractivity contribution >= 4 is 18.2 Å². The molecule has 5 heteroatoms. The molecule has 16 heavy (non-hydrogen) atoms. The molecular weight excluding hydrogens is 206 g/mol. The molecule has 1 aliphatic rings. The number of amides is 3. The quantitative estimate of drug-likeness (QED) is 0.721. The number of benzene rings is 1. The van der Waals surface area contributed by atoms with Crippen molar-refractivity contribution in [1.82, 2.24) is 10.2 Å². The van der Waals surface area contributed by atoms with E-state index < -0.39 is 12.1 Å². The van der Waals surface area contributed by atoms with Crippen LogP contribution in [-0.2, 0) is 0 Å². The van der Waals surface area contributed by atoms with Gasteiger partial charge in [-0.2, -0.15) is 0 Å². The van der Waals surface area contributed by atoms with Crippen molar-refractivity contribution < 1.29 is 9.59 Å². The SMILES string of the molecule is N=CC1CNC(=O)N1C(=O)c1ccccc1. The zero-order chi connectivity index (χ0) is 11.5. The number of rotatable bonds is 2. The predicted molar refractivity (Wildman–Crippen MR) is 58.6 cm³/mol. The van der Waals surface area contributed by atoms with Crippen LogP contribution in [0.1, 0.15) is 10.4 Å². The monoisotopic (exact) mass is 217 g/mol. The van der Waals surface area contributed by atoms with Crippen molar-refractivity contribution in [2.24, 2.45) is 0 Å². The maximum absolute atomic E-state index is 12.0. The smallest absolute Gasteiger partial charge is 0.325 e. The van der Waals surface area contributed by atoms with Crippen molar-refractivity contribution in [2.75, 3.05) is 6.54 Å². The molecule has 1 atom stereocenters. The molecule has 1 unspecified atom stereocenters. The zero-order valence-electron chi connectivity index (χ0n) is 8.51. The Balaban J connectivity index is 2.27. The van der Waals surface area contributed by atoms with E-state index in [-0.39, 0.29) is 5.91 Å². The molecule has 1 fully saturated rings. The lowest BCUT2D eigenvalue weighted by atomic mass is 10.2. The van der Waals surface area contributed by atoms with E-state index in [0.29, 0.717) is 12.1 Å². The fraction of sp³-hybridized carbons (Fsp3) is 0.182. The van der Waals surface area contributed by atoms with Crippen LogP contribution in [0, 0.1) is 5.41 Å². The van der Waals surface area contributed by atoms with E-state index in [9.17, 15) is 9.59 Å². The maximum Gasteiger partial charge on any atom is 0.325 e. The number of imide groups is 1. The molecule has 2 rings (SSSR count). The first kappa shape index (κ1) is 10.4. The Hall–Kier alpha value is -2.17. The van der Waals surface area contributed by atoms with E-state index in [0.717, 1.165) is 11.1 Å². The minimum atomic E-state index is -0.486. The standard InChI is InChI=1S/C11H11N3O2/c12-6-9-7-13-11(16)14(9)10(15)8-4-2-1-3-5-8/h1-6,9,12H,7H2,(H,13,16). The average Bonchev–Trinajstić information content (AvgIpc) is 2.70. The second kappa shape index (κ2) is 4.14. The number of carbonyl (C=O) groups excluding carboxylic acids is 2. The van der Waals surface area contributed by atoms with Gasteiger partial charge < -0.3 is 10.7 Å². The summed E-state index contributed by atoms with van der Waals surface area (Å²) in [5.41, 5.74) is 0.450. The lowest BCUT2D eigenvalue weighted by Gasteiger charge is -2.17. The second-order valence-corrected chi connectivity index (χ2v) is 3.46. The van der Waals surface area contributed by atoms with Gasteiger partial charge in [0.15, 0.2) is 0 Å². The summed E-state index contributed by atoms with van der Waals surface area (Å²) in [5, 5.41) is 9.70. The molecule has 2 N–H and O–H groups in total. The summed E-state index contributed by atoms with van der Waals surface area (Å²) in [6.45, 7) is 0.306. The van der Waals surface area contributed by atoms with Crippen LogP contribution in [0.5, 0.6) is 0 Å². The van der Waals surface area contributed by atoms with Crippen molar-refractivity contribution in [3.05, 3.63) is 35.9 Å². The van der Waals surface area contributed by atoms with Gasteiger partial charge in [0, 0.05) is 18.3 Å². The van der Waals surface area contributed by atoms with Crippen LogP contribution in [0.3, 0.4) is 0 Å². The van der Waals surface area contributed by atoms with Gasteiger partial charge in [-0.25, -0.2) is 9.69 Å². The molecule has 5 nitrogen and oxygen atoms in total. The van der Waals surface area contributed by atoms with Crippen LogP contribution >= 0.6 is 0 Å². The normalized spacial score (nSPS) is 19.4. The van der Waals surface area contributed by atoms with Crippen molar-refractivity contribution in [1.29, 1.82) is 5.41 Å². The third-order valence-corrected chi connectivity index (χ3v) is 2.44. The Kier molecular flexibility index (Phi) is 2.68. The van der Waals surface area contributed by atoms with E-state index in [1.807, 2.05) is 0 Å². The molecule has 3 amide bonds. The fourth-order valence-corrected chi connectivity index (χ4v) is 1.62. The molecule has 1 heterocycles. The number of hydrogen-bond acceptors (Lipinski definition) is 3. The highest BCUT2D eigenvalue weighted by Crippen LogP contribution is 2.11. The van der Waals surface area contributed by atoms with Gasteiger partial charge in [-0.15, -0.1) is 0 Å². The first-order chi connectivity index (χ1) is 7.74. The molecular formula is C11H11N3O2. The maximum atomic E-state index is 12.0. The predicted octanol–water partition coefficient (Wildman–Crippen LogP) is 0.870.